The molecule has 2 aromatic carbocycles. The van der Waals surface area contributed by atoms with Gasteiger partial charge in [0.1, 0.15) is 12.4 Å². The lowest BCUT2D eigenvalue weighted by Gasteiger charge is -2.11. The van der Waals surface area contributed by atoms with E-state index in [2.05, 4.69) is 31.9 Å². The third-order valence-corrected chi connectivity index (χ3v) is 3.93. The fraction of sp³-hybridized carbons (Fsp3) is 0.143. The Morgan fingerprint density at radius 2 is 1.56 bits per heavy atom. The Kier molecular flexibility index (Phi) is 5.10. The van der Waals surface area contributed by atoms with E-state index in [4.69, 9.17) is 16.3 Å². The summed E-state index contributed by atoms with van der Waals surface area (Å²) in [5, 5.41) is 0. The van der Waals surface area contributed by atoms with Gasteiger partial charge in [-0.25, -0.2) is 0 Å². The van der Waals surface area contributed by atoms with E-state index < -0.39 is 0 Å². The summed E-state index contributed by atoms with van der Waals surface area (Å²) in [6.45, 7) is 0.540. The van der Waals surface area contributed by atoms with Crippen molar-refractivity contribution < 1.29 is 4.74 Å². The van der Waals surface area contributed by atoms with Crippen LogP contribution in [0.25, 0.3) is 0 Å². The van der Waals surface area contributed by atoms with Crippen LogP contribution < -0.4 is 4.74 Å². The molecule has 0 aliphatic rings. The molecule has 18 heavy (non-hydrogen) atoms. The van der Waals surface area contributed by atoms with Gasteiger partial charge in [0.2, 0.25) is 0 Å². The van der Waals surface area contributed by atoms with E-state index in [1.54, 1.807) is 0 Å². The molecule has 0 amide bonds. The number of halogens is 3. The van der Waals surface area contributed by atoms with Gasteiger partial charge >= 0.3 is 0 Å². The largest absolute Gasteiger partial charge is 0.487 e. The first-order chi connectivity index (χ1) is 8.70. The lowest BCUT2D eigenvalue weighted by molar-refractivity contribution is 0.302. The summed E-state index contributed by atoms with van der Waals surface area (Å²) in [6, 6.07) is 14.0. The third kappa shape index (κ3) is 3.50. The van der Waals surface area contributed by atoms with Crippen molar-refractivity contribution >= 4 is 43.5 Å². The van der Waals surface area contributed by atoms with Gasteiger partial charge in [-0.3, -0.25) is 0 Å². The van der Waals surface area contributed by atoms with Gasteiger partial charge in [0.25, 0.3) is 0 Å². The van der Waals surface area contributed by atoms with Crippen LogP contribution in [0.1, 0.15) is 11.1 Å². The van der Waals surface area contributed by atoms with Gasteiger partial charge in [0, 0.05) is 5.88 Å². The normalized spacial score (nSPS) is 10.4. The molecule has 0 atom stereocenters. The van der Waals surface area contributed by atoms with Crippen LogP contribution in [0.15, 0.2) is 51.4 Å². The topological polar surface area (TPSA) is 9.23 Å². The molecular formula is C14H11Br2ClO. The Balaban J connectivity index is 2.15. The first-order valence-corrected chi connectivity index (χ1v) is 7.53. The highest BCUT2D eigenvalue weighted by Gasteiger charge is 2.08. The van der Waals surface area contributed by atoms with Crippen molar-refractivity contribution in [2.75, 3.05) is 0 Å². The van der Waals surface area contributed by atoms with Gasteiger partial charge < -0.3 is 4.74 Å². The molecule has 0 aromatic heterocycles. The summed E-state index contributed by atoms with van der Waals surface area (Å²) >= 11 is 12.8. The van der Waals surface area contributed by atoms with Gasteiger partial charge in [-0.15, -0.1) is 11.6 Å². The summed E-state index contributed by atoms with van der Waals surface area (Å²) in [5.74, 6) is 1.28. The Morgan fingerprint density at radius 1 is 0.944 bits per heavy atom. The fourth-order valence-corrected chi connectivity index (χ4v) is 3.22. The quantitative estimate of drug-likeness (QED) is 0.624. The smallest absolute Gasteiger partial charge is 0.148 e. The molecule has 0 spiro atoms. The predicted octanol–water partition coefficient (Wildman–Crippen LogP) is 5.53. The monoisotopic (exact) mass is 388 g/mol. The summed E-state index contributed by atoms with van der Waals surface area (Å²) in [4.78, 5) is 0. The van der Waals surface area contributed by atoms with Crippen LogP contribution in [0, 0.1) is 0 Å². The first-order valence-electron chi connectivity index (χ1n) is 5.41. The molecule has 0 saturated heterocycles. The van der Waals surface area contributed by atoms with Crippen molar-refractivity contribution in [1.29, 1.82) is 0 Å². The Hall–Kier alpha value is -0.510. The van der Waals surface area contributed by atoms with Crippen LogP contribution in [0.5, 0.6) is 5.75 Å². The van der Waals surface area contributed by atoms with E-state index in [1.165, 1.54) is 0 Å². The van der Waals surface area contributed by atoms with Gasteiger partial charge in [-0.05, 0) is 55.1 Å². The molecule has 0 N–H and O–H groups in total. The van der Waals surface area contributed by atoms with E-state index >= 15 is 0 Å². The summed E-state index contributed by atoms with van der Waals surface area (Å²) in [5.41, 5.74) is 2.18. The van der Waals surface area contributed by atoms with E-state index in [-0.39, 0.29) is 0 Å². The maximum Gasteiger partial charge on any atom is 0.148 e. The van der Waals surface area contributed by atoms with Crippen molar-refractivity contribution in [3.63, 3.8) is 0 Å². The van der Waals surface area contributed by atoms with Crippen LogP contribution in [0.3, 0.4) is 0 Å². The Bertz CT molecular complexity index is 506. The average Bonchev–Trinajstić information content (AvgIpc) is 2.38. The predicted molar refractivity (Wildman–Crippen MR) is 82.2 cm³/mol. The highest BCUT2D eigenvalue weighted by molar-refractivity contribution is 9.11. The fourth-order valence-electron chi connectivity index (χ4n) is 1.56. The number of ether oxygens (including phenoxy) is 1. The van der Waals surface area contributed by atoms with Crippen LogP contribution in [0.4, 0.5) is 0 Å². The van der Waals surface area contributed by atoms with Crippen LogP contribution in [-0.4, -0.2) is 0 Å². The van der Waals surface area contributed by atoms with E-state index in [0.29, 0.717) is 12.5 Å². The minimum absolute atomic E-state index is 0.482. The molecule has 2 aromatic rings. The summed E-state index contributed by atoms with van der Waals surface area (Å²) in [6.07, 6.45) is 0. The van der Waals surface area contributed by atoms with E-state index in [1.807, 2.05) is 42.5 Å². The molecule has 4 heteroatoms. The van der Waals surface area contributed by atoms with Crippen LogP contribution in [-0.2, 0) is 12.5 Å². The SMILES string of the molecule is ClCc1cc(Br)c(OCc2ccccc2)c(Br)c1. The number of hydrogen-bond donors (Lipinski definition) is 0. The second kappa shape index (κ2) is 6.60. The van der Waals surface area contributed by atoms with Crippen LogP contribution >= 0.6 is 43.5 Å². The molecule has 2 rings (SSSR count). The van der Waals surface area contributed by atoms with E-state index in [0.717, 1.165) is 25.8 Å². The third-order valence-electron chi connectivity index (χ3n) is 2.44. The molecule has 0 fully saturated rings. The van der Waals surface area contributed by atoms with Gasteiger partial charge in [-0.1, -0.05) is 30.3 Å². The number of benzene rings is 2. The maximum absolute atomic E-state index is 5.82. The molecule has 0 saturated carbocycles. The Morgan fingerprint density at radius 3 is 2.11 bits per heavy atom. The minimum Gasteiger partial charge on any atom is -0.487 e. The first kappa shape index (κ1) is 13.9. The van der Waals surface area contributed by atoms with Crippen molar-refractivity contribution in [2.24, 2.45) is 0 Å². The Labute approximate surface area is 128 Å². The molecule has 0 unspecified atom stereocenters. The number of rotatable bonds is 4. The highest BCUT2D eigenvalue weighted by atomic mass is 79.9. The van der Waals surface area contributed by atoms with Crippen molar-refractivity contribution in [1.82, 2.24) is 0 Å². The standard InChI is InChI=1S/C14H11Br2ClO/c15-12-6-11(8-17)7-13(16)14(12)18-9-10-4-2-1-3-5-10/h1-7H,8-9H2. The summed E-state index contributed by atoms with van der Waals surface area (Å²) < 4.78 is 7.63. The molecular weight excluding hydrogens is 379 g/mol. The molecule has 1 nitrogen and oxygen atoms in total. The van der Waals surface area contributed by atoms with Gasteiger partial charge in [-0.2, -0.15) is 0 Å². The molecule has 0 bridgehead atoms. The van der Waals surface area contributed by atoms with Crippen molar-refractivity contribution in [3.8, 4) is 5.75 Å². The minimum atomic E-state index is 0.482. The number of alkyl halides is 1. The lowest BCUT2D eigenvalue weighted by Crippen LogP contribution is -1.97. The van der Waals surface area contributed by atoms with Gasteiger partial charge in [0.05, 0.1) is 8.95 Å². The molecule has 0 heterocycles. The molecule has 0 aliphatic heterocycles. The van der Waals surface area contributed by atoms with E-state index in [9.17, 15) is 0 Å². The zero-order valence-electron chi connectivity index (χ0n) is 9.50. The second-order valence-corrected chi connectivity index (χ2v) is 5.77. The van der Waals surface area contributed by atoms with Gasteiger partial charge in [0.15, 0.2) is 0 Å². The lowest BCUT2D eigenvalue weighted by atomic mass is 10.2. The van der Waals surface area contributed by atoms with Crippen LogP contribution in [0.2, 0.25) is 0 Å². The van der Waals surface area contributed by atoms with Crippen molar-refractivity contribution in [2.45, 2.75) is 12.5 Å². The highest BCUT2D eigenvalue weighted by Crippen LogP contribution is 2.35. The molecule has 94 valence electrons. The molecule has 0 radical (unpaired) electrons. The van der Waals surface area contributed by atoms with Crippen molar-refractivity contribution in [3.05, 3.63) is 62.5 Å². The zero-order valence-corrected chi connectivity index (χ0v) is 13.4. The number of hydrogen-bond acceptors (Lipinski definition) is 1. The zero-order chi connectivity index (χ0) is 13.0. The average molecular weight is 391 g/mol. The molecule has 0 aliphatic carbocycles. The second-order valence-electron chi connectivity index (χ2n) is 3.80. The summed E-state index contributed by atoms with van der Waals surface area (Å²) in [7, 11) is 0. The maximum atomic E-state index is 5.82.